The van der Waals surface area contributed by atoms with E-state index in [0.717, 1.165) is 122 Å². The van der Waals surface area contributed by atoms with Gasteiger partial charge in [0.05, 0.1) is 6.61 Å². The summed E-state index contributed by atoms with van der Waals surface area (Å²) in [5.74, 6) is -3.31. The first-order valence-electron chi connectivity index (χ1n) is 30.8. The fraction of sp³-hybridized carbons (Fsp3) is 0.594. The average Bonchev–Trinajstić information content (AvgIpc) is 3.53. The van der Waals surface area contributed by atoms with E-state index in [4.69, 9.17) is 23.7 Å². The molecule has 0 spiro atoms. The third-order valence-corrected chi connectivity index (χ3v) is 12.9. The fourth-order valence-electron chi connectivity index (χ4n) is 8.23. The van der Waals surface area contributed by atoms with Crippen molar-refractivity contribution >= 4 is 23.9 Å². The van der Waals surface area contributed by atoms with Gasteiger partial charge in [0.25, 0.3) is 0 Å². The molecule has 1 rings (SSSR count). The molecule has 81 heavy (non-hydrogen) atoms. The second-order valence-electron chi connectivity index (χ2n) is 20.2. The standard InChI is InChI=1S/C69H106O12/c1-4-7-10-13-16-19-22-25-28-31-34-37-40-43-46-49-52-55-61(70)77-58-60(79-62(71)56-53-50-47-44-41-38-35-32-29-26-23-20-17-14-11-8-5-2)59-78-69-67(65(74)64(73)66(81-69)68(75)76)80-63(72)57-54-51-48-45-42-39-36-33-30-27-24-21-18-15-12-9-6-3/h7,9-10,12,16-21,25-30,34,36-37,39,43,45-46,48,60,64-67,69,73-74H,4-6,8,11,13-15,22-24,31-33,35,38,40-42,44,47,49-59H2,1-3H3,(H,75,76)/b10-7-,12-9-,19-16-,20-17-,21-18-,28-25-,29-26-,30-27-,37-34-,39-36-,46-43-,48-45-. The Balaban J connectivity index is 2.77. The smallest absolute Gasteiger partial charge is 0.335 e. The molecule has 0 radical (unpaired) electrons. The molecule has 3 N–H and O–H groups in total. The molecular weight excluding hydrogens is 1020 g/mol. The highest BCUT2D eigenvalue weighted by molar-refractivity contribution is 5.74. The van der Waals surface area contributed by atoms with Crippen molar-refractivity contribution in [3.8, 4) is 0 Å². The van der Waals surface area contributed by atoms with Gasteiger partial charge in [-0.2, -0.15) is 0 Å². The lowest BCUT2D eigenvalue weighted by Gasteiger charge is -2.40. The van der Waals surface area contributed by atoms with Crippen molar-refractivity contribution in [1.82, 2.24) is 0 Å². The summed E-state index contributed by atoms with van der Waals surface area (Å²) in [4.78, 5) is 51.2. The van der Waals surface area contributed by atoms with Crippen LogP contribution >= 0.6 is 0 Å². The molecule has 454 valence electrons. The number of esters is 3. The van der Waals surface area contributed by atoms with Crippen molar-refractivity contribution in [3.63, 3.8) is 0 Å². The first kappa shape index (κ1) is 73.6. The topological polar surface area (TPSA) is 175 Å². The molecule has 6 unspecified atom stereocenters. The first-order valence-corrected chi connectivity index (χ1v) is 30.8. The van der Waals surface area contributed by atoms with E-state index < -0.39 is 67.3 Å². The van der Waals surface area contributed by atoms with Gasteiger partial charge in [0.2, 0.25) is 0 Å². The maximum atomic E-state index is 13.2. The summed E-state index contributed by atoms with van der Waals surface area (Å²) in [6, 6.07) is 0. The van der Waals surface area contributed by atoms with Crippen LogP contribution in [0.1, 0.15) is 213 Å². The number of carboxylic acids is 1. The minimum Gasteiger partial charge on any atom is -0.479 e. The number of hydrogen-bond acceptors (Lipinski definition) is 11. The van der Waals surface area contributed by atoms with Gasteiger partial charge in [-0.3, -0.25) is 14.4 Å². The summed E-state index contributed by atoms with van der Waals surface area (Å²) in [7, 11) is 0. The van der Waals surface area contributed by atoms with Crippen LogP contribution in [0.3, 0.4) is 0 Å². The molecule has 1 aliphatic heterocycles. The normalized spacial score (nSPS) is 18.8. The first-order chi connectivity index (χ1) is 39.6. The van der Waals surface area contributed by atoms with Crippen LogP contribution in [0.25, 0.3) is 0 Å². The third kappa shape index (κ3) is 44.9. The maximum Gasteiger partial charge on any atom is 0.335 e. The lowest BCUT2D eigenvalue weighted by molar-refractivity contribution is -0.301. The Morgan fingerprint density at radius 1 is 0.420 bits per heavy atom. The Morgan fingerprint density at radius 3 is 1.22 bits per heavy atom. The van der Waals surface area contributed by atoms with Crippen LogP contribution in [0.15, 0.2) is 146 Å². The molecule has 12 heteroatoms. The Bertz CT molecular complexity index is 1960. The van der Waals surface area contributed by atoms with Gasteiger partial charge in [0.1, 0.15) is 18.8 Å². The third-order valence-electron chi connectivity index (χ3n) is 12.9. The van der Waals surface area contributed by atoms with E-state index in [-0.39, 0.29) is 25.9 Å². The van der Waals surface area contributed by atoms with Crippen molar-refractivity contribution in [2.45, 2.75) is 250 Å². The molecule has 1 saturated heterocycles. The van der Waals surface area contributed by atoms with Crippen molar-refractivity contribution in [3.05, 3.63) is 146 Å². The molecule has 1 heterocycles. The molecule has 1 aliphatic rings. The lowest BCUT2D eigenvalue weighted by atomic mass is 9.98. The minimum absolute atomic E-state index is 0.0326. The Hall–Kier alpha value is -5.40. The van der Waals surface area contributed by atoms with Gasteiger partial charge in [-0.15, -0.1) is 0 Å². The summed E-state index contributed by atoms with van der Waals surface area (Å²) in [5, 5.41) is 31.5. The van der Waals surface area contributed by atoms with Crippen LogP contribution in [0.2, 0.25) is 0 Å². The van der Waals surface area contributed by atoms with Crippen LogP contribution in [0.4, 0.5) is 0 Å². The zero-order valence-electron chi connectivity index (χ0n) is 50.0. The summed E-state index contributed by atoms with van der Waals surface area (Å²) in [6.07, 6.45) is 66.7. The van der Waals surface area contributed by atoms with E-state index in [9.17, 15) is 34.5 Å². The van der Waals surface area contributed by atoms with E-state index in [2.05, 4.69) is 148 Å². The van der Waals surface area contributed by atoms with E-state index in [1.54, 1.807) is 0 Å². The molecule has 0 amide bonds. The number of ether oxygens (including phenoxy) is 5. The number of aliphatic carboxylic acids is 1. The quantitative estimate of drug-likeness (QED) is 0.0228. The number of aliphatic hydroxyl groups is 2. The Morgan fingerprint density at radius 2 is 0.790 bits per heavy atom. The monoisotopic (exact) mass is 1130 g/mol. The van der Waals surface area contributed by atoms with Crippen LogP contribution in [-0.4, -0.2) is 89.2 Å². The molecule has 12 nitrogen and oxygen atoms in total. The lowest BCUT2D eigenvalue weighted by Crippen LogP contribution is -2.61. The zero-order valence-corrected chi connectivity index (χ0v) is 50.0. The number of carboxylic acid groups (broad SMARTS) is 1. The van der Waals surface area contributed by atoms with Gasteiger partial charge in [-0.25, -0.2) is 4.79 Å². The number of allylic oxidation sites excluding steroid dienone is 24. The minimum atomic E-state index is -1.94. The van der Waals surface area contributed by atoms with E-state index in [1.807, 2.05) is 18.2 Å². The predicted octanol–water partition coefficient (Wildman–Crippen LogP) is 16.3. The average molecular weight is 1130 g/mol. The van der Waals surface area contributed by atoms with E-state index in [1.165, 1.54) is 19.3 Å². The van der Waals surface area contributed by atoms with Crippen LogP contribution in [0, 0.1) is 0 Å². The molecule has 0 aliphatic carbocycles. The number of hydrogen-bond donors (Lipinski definition) is 3. The van der Waals surface area contributed by atoms with Crippen molar-refractivity contribution in [2.24, 2.45) is 0 Å². The van der Waals surface area contributed by atoms with E-state index in [0.29, 0.717) is 32.1 Å². The Kier molecular flexibility index (Phi) is 50.1. The highest BCUT2D eigenvalue weighted by Crippen LogP contribution is 2.26. The molecule has 6 atom stereocenters. The van der Waals surface area contributed by atoms with E-state index >= 15 is 0 Å². The summed E-state index contributed by atoms with van der Waals surface area (Å²) in [5.41, 5.74) is 0. The number of unbranched alkanes of at least 4 members (excludes halogenated alkanes) is 12. The van der Waals surface area contributed by atoms with Crippen LogP contribution in [-0.2, 0) is 42.9 Å². The number of aliphatic hydroxyl groups excluding tert-OH is 2. The largest absolute Gasteiger partial charge is 0.479 e. The highest BCUT2D eigenvalue weighted by Gasteiger charge is 2.50. The van der Waals surface area contributed by atoms with Gasteiger partial charge in [-0.05, 0) is 128 Å². The number of rotatable bonds is 50. The summed E-state index contributed by atoms with van der Waals surface area (Å²) >= 11 is 0. The zero-order chi connectivity index (χ0) is 58.9. The molecule has 0 aromatic carbocycles. The summed E-state index contributed by atoms with van der Waals surface area (Å²) < 4.78 is 28.3. The van der Waals surface area contributed by atoms with Gasteiger partial charge >= 0.3 is 23.9 Å². The molecule has 0 bridgehead atoms. The molecule has 0 aromatic rings. The highest BCUT2D eigenvalue weighted by atomic mass is 16.7. The predicted molar refractivity (Wildman–Crippen MR) is 330 cm³/mol. The van der Waals surface area contributed by atoms with Crippen LogP contribution < -0.4 is 0 Å². The number of carbonyl (C=O) groups excluding carboxylic acids is 3. The van der Waals surface area contributed by atoms with Crippen LogP contribution in [0.5, 0.6) is 0 Å². The fourth-order valence-corrected chi connectivity index (χ4v) is 8.23. The van der Waals surface area contributed by atoms with Crippen molar-refractivity contribution in [2.75, 3.05) is 13.2 Å². The second kappa shape index (κ2) is 55.2. The van der Waals surface area contributed by atoms with Gasteiger partial charge in [0.15, 0.2) is 24.6 Å². The molecule has 1 fully saturated rings. The van der Waals surface area contributed by atoms with Gasteiger partial charge in [-0.1, -0.05) is 212 Å². The molecular formula is C69H106O12. The van der Waals surface area contributed by atoms with Crippen molar-refractivity contribution < 1.29 is 58.2 Å². The summed E-state index contributed by atoms with van der Waals surface area (Å²) in [6.45, 7) is 5.65. The number of carbonyl (C=O) groups is 4. The van der Waals surface area contributed by atoms with Gasteiger partial charge < -0.3 is 39.0 Å². The van der Waals surface area contributed by atoms with Gasteiger partial charge in [0, 0.05) is 19.3 Å². The van der Waals surface area contributed by atoms with Crippen molar-refractivity contribution in [1.29, 1.82) is 0 Å². The molecule has 0 saturated carbocycles. The maximum absolute atomic E-state index is 13.2. The molecule has 0 aromatic heterocycles. The second-order valence-corrected chi connectivity index (χ2v) is 20.2. The SMILES string of the molecule is CC/C=C\C/C=C\C/C=C\C/C=C\C/C=C\CCCC(=O)OCC(COC1OC(C(=O)O)C(O)C(O)C1OC(=O)CCC/C=C\C/C=C\C/C=C\C/C=C\C/C=C\CC)OC(=O)CCCCCCCCC/C=C\C/C=C\CCCCC. The Labute approximate surface area is 489 Å².